The second kappa shape index (κ2) is 5.15. The maximum atomic E-state index is 13.8. The molecule has 1 aliphatic rings. The maximum Gasteiger partial charge on any atom is 0.146 e. The summed E-state index contributed by atoms with van der Waals surface area (Å²) in [6, 6.07) is 5.39. The maximum absolute atomic E-state index is 13.8. The van der Waals surface area contributed by atoms with Gasteiger partial charge in [0, 0.05) is 25.5 Å². The molecule has 1 saturated heterocycles. The number of nitrogens with zero attached hydrogens (tertiary/aromatic N) is 1. The molecule has 1 fully saturated rings. The first kappa shape index (κ1) is 11.9. The minimum absolute atomic E-state index is 0.145. The minimum atomic E-state index is -0.145. The number of hydrogen-bond donors (Lipinski definition) is 0. The van der Waals surface area contributed by atoms with Gasteiger partial charge in [-0.3, -0.25) is 0 Å². The lowest BCUT2D eigenvalue weighted by atomic mass is 10.2. The molecular formula is C12H15BrFNO. The third-order valence-electron chi connectivity index (χ3n) is 2.99. The van der Waals surface area contributed by atoms with Gasteiger partial charge in [-0.05, 0) is 24.1 Å². The summed E-state index contributed by atoms with van der Waals surface area (Å²) in [5.41, 5.74) is 1.65. The largest absolute Gasteiger partial charge is 0.380 e. The summed E-state index contributed by atoms with van der Waals surface area (Å²) < 4.78 is 19.1. The highest BCUT2D eigenvalue weighted by molar-refractivity contribution is 9.08. The van der Waals surface area contributed by atoms with Crippen molar-refractivity contribution >= 4 is 21.6 Å². The van der Waals surface area contributed by atoms with Crippen LogP contribution in [0.4, 0.5) is 10.1 Å². The summed E-state index contributed by atoms with van der Waals surface area (Å²) in [4.78, 5) is 2.04. The summed E-state index contributed by atoms with van der Waals surface area (Å²) in [6.45, 7) is 1.64. The van der Waals surface area contributed by atoms with E-state index < -0.39 is 0 Å². The normalized spacial score (nSPS) is 20.4. The van der Waals surface area contributed by atoms with Crippen molar-refractivity contribution in [1.29, 1.82) is 0 Å². The van der Waals surface area contributed by atoms with Crippen LogP contribution in [0, 0.1) is 5.82 Å². The van der Waals surface area contributed by atoms with Crippen molar-refractivity contribution in [3.05, 3.63) is 29.6 Å². The quantitative estimate of drug-likeness (QED) is 0.793. The number of alkyl halides is 1. The van der Waals surface area contributed by atoms with Crippen molar-refractivity contribution in [1.82, 2.24) is 0 Å². The molecule has 1 atom stereocenters. The standard InChI is InChI=1S/C12H15BrFNO/c1-16-10-4-5-15(8-10)12-3-2-9(7-13)6-11(12)14/h2-3,6,10H,4-5,7-8H2,1H3. The lowest BCUT2D eigenvalue weighted by Gasteiger charge is -2.19. The first-order valence-electron chi connectivity index (χ1n) is 5.36. The highest BCUT2D eigenvalue weighted by Crippen LogP contribution is 2.25. The van der Waals surface area contributed by atoms with Crippen LogP contribution >= 0.6 is 15.9 Å². The fourth-order valence-electron chi connectivity index (χ4n) is 2.03. The van der Waals surface area contributed by atoms with Crippen LogP contribution in [0.5, 0.6) is 0 Å². The van der Waals surface area contributed by atoms with Gasteiger partial charge in [0.05, 0.1) is 11.8 Å². The molecule has 0 spiro atoms. The molecule has 2 nitrogen and oxygen atoms in total. The molecule has 0 N–H and O–H groups in total. The third kappa shape index (κ3) is 2.38. The number of ether oxygens (including phenoxy) is 1. The van der Waals surface area contributed by atoms with Crippen molar-refractivity contribution in [2.75, 3.05) is 25.1 Å². The molecule has 0 aromatic heterocycles. The molecule has 0 aliphatic carbocycles. The fraction of sp³-hybridized carbons (Fsp3) is 0.500. The predicted molar refractivity (Wildman–Crippen MR) is 66.7 cm³/mol. The van der Waals surface area contributed by atoms with Crippen LogP contribution in [0.3, 0.4) is 0 Å². The first-order chi connectivity index (χ1) is 7.74. The average molecular weight is 288 g/mol. The molecule has 16 heavy (non-hydrogen) atoms. The molecule has 1 unspecified atom stereocenters. The second-order valence-electron chi connectivity index (χ2n) is 4.01. The lowest BCUT2D eigenvalue weighted by molar-refractivity contribution is 0.121. The Kier molecular flexibility index (Phi) is 3.82. The van der Waals surface area contributed by atoms with Gasteiger partial charge in [-0.1, -0.05) is 22.0 Å². The molecule has 1 aromatic carbocycles. The zero-order chi connectivity index (χ0) is 11.5. The Morgan fingerprint density at radius 3 is 2.94 bits per heavy atom. The molecule has 1 aromatic rings. The van der Waals surface area contributed by atoms with Gasteiger partial charge < -0.3 is 9.64 Å². The highest BCUT2D eigenvalue weighted by Gasteiger charge is 2.24. The van der Waals surface area contributed by atoms with Gasteiger partial charge in [-0.2, -0.15) is 0 Å². The summed E-state index contributed by atoms with van der Waals surface area (Å²) >= 11 is 3.32. The van der Waals surface area contributed by atoms with E-state index in [0.717, 1.165) is 25.1 Å². The van der Waals surface area contributed by atoms with Crippen molar-refractivity contribution in [2.45, 2.75) is 17.9 Å². The molecule has 1 heterocycles. The van der Waals surface area contributed by atoms with Crippen LogP contribution < -0.4 is 4.90 Å². The molecule has 4 heteroatoms. The molecule has 0 saturated carbocycles. The van der Waals surface area contributed by atoms with E-state index >= 15 is 0 Å². The lowest BCUT2D eigenvalue weighted by Crippen LogP contribution is -2.23. The van der Waals surface area contributed by atoms with Gasteiger partial charge in [0.25, 0.3) is 0 Å². The number of methoxy groups -OCH3 is 1. The van der Waals surface area contributed by atoms with Gasteiger partial charge in [0.2, 0.25) is 0 Å². The highest BCUT2D eigenvalue weighted by atomic mass is 79.9. The van der Waals surface area contributed by atoms with Crippen molar-refractivity contribution < 1.29 is 9.13 Å². The van der Waals surface area contributed by atoms with E-state index in [4.69, 9.17) is 4.74 Å². The Morgan fingerprint density at radius 1 is 1.56 bits per heavy atom. The van der Waals surface area contributed by atoms with E-state index in [9.17, 15) is 4.39 Å². The topological polar surface area (TPSA) is 12.5 Å². The van der Waals surface area contributed by atoms with E-state index in [2.05, 4.69) is 15.9 Å². The van der Waals surface area contributed by atoms with Gasteiger partial charge in [-0.25, -0.2) is 4.39 Å². The first-order valence-corrected chi connectivity index (χ1v) is 6.49. The number of benzene rings is 1. The van der Waals surface area contributed by atoms with E-state index in [1.165, 1.54) is 0 Å². The van der Waals surface area contributed by atoms with E-state index in [-0.39, 0.29) is 11.9 Å². The summed E-state index contributed by atoms with van der Waals surface area (Å²) in [5.74, 6) is -0.145. The van der Waals surface area contributed by atoms with Crippen LogP contribution in [0.1, 0.15) is 12.0 Å². The monoisotopic (exact) mass is 287 g/mol. The Morgan fingerprint density at radius 2 is 2.38 bits per heavy atom. The van der Waals surface area contributed by atoms with Crippen LogP contribution in [0.25, 0.3) is 0 Å². The number of hydrogen-bond acceptors (Lipinski definition) is 2. The SMILES string of the molecule is COC1CCN(c2ccc(CBr)cc2F)C1. The minimum Gasteiger partial charge on any atom is -0.380 e. The molecule has 2 rings (SSSR count). The molecule has 0 bridgehead atoms. The molecule has 0 amide bonds. The van der Waals surface area contributed by atoms with Crippen molar-refractivity contribution in [3.63, 3.8) is 0 Å². The Hall–Kier alpha value is -0.610. The smallest absolute Gasteiger partial charge is 0.146 e. The van der Waals surface area contributed by atoms with Crippen LogP contribution in [0.15, 0.2) is 18.2 Å². The molecule has 0 radical (unpaired) electrons. The molecule has 88 valence electrons. The molecular weight excluding hydrogens is 273 g/mol. The van der Waals surface area contributed by atoms with E-state index in [1.807, 2.05) is 17.0 Å². The predicted octanol–water partition coefficient (Wildman–Crippen LogP) is 2.95. The van der Waals surface area contributed by atoms with Crippen LogP contribution in [-0.2, 0) is 10.1 Å². The van der Waals surface area contributed by atoms with Gasteiger partial charge in [0.15, 0.2) is 0 Å². The number of halogens is 2. The van der Waals surface area contributed by atoms with Crippen LogP contribution in [-0.4, -0.2) is 26.3 Å². The average Bonchev–Trinajstić information content (AvgIpc) is 2.77. The zero-order valence-corrected chi connectivity index (χ0v) is 10.8. The van der Waals surface area contributed by atoms with Gasteiger partial charge >= 0.3 is 0 Å². The van der Waals surface area contributed by atoms with Crippen LogP contribution in [0.2, 0.25) is 0 Å². The van der Waals surface area contributed by atoms with Gasteiger partial charge in [-0.15, -0.1) is 0 Å². The summed E-state index contributed by atoms with van der Waals surface area (Å²) in [7, 11) is 1.71. The Bertz CT molecular complexity index is 372. The zero-order valence-electron chi connectivity index (χ0n) is 9.25. The molecule has 1 aliphatic heterocycles. The third-order valence-corrected chi connectivity index (χ3v) is 3.63. The van der Waals surface area contributed by atoms with E-state index in [0.29, 0.717) is 11.0 Å². The fourth-order valence-corrected chi connectivity index (χ4v) is 2.38. The van der Waals surface area contributed by atoms with Gasteiger partial charge in [0.1, 0.15) is 5.82 Å². The second-order valence-corrected chi connectivity index (χ2v) is 4.57. The van der Waals surface area contributed by atoms with Crippen molar-refractivity contribution in [3.8, 4) is 0 Å². The number of rotatable bonds is 3. The summed E-state index contributed by atoms with van der Waals surface area (Å²) in [6.07, 6.45) is 1.20. The van der Waals surface area contributed by atoms with Crippen molar-refractivity contribution in [2.24, 2.45) is 0 Å². The number of anilines is 1. The van der Waals surface area contributed by atoms with E-state index in [1.54, 1.807) is 13.2 Å². The Labute approximate surface area is 104 Å². The Balaban J connectivity index is 2.15. The summed E-state index contributed by atoms with van der Waals surface area (Å²) in [5, 5.41) is 0.685.